The average molecular weight is 390 g/mol. The molecule has 0 fully saturated rings. The largest absolute Gasteiger partial charge is 0.497 e. The van der Waals surface area contributed by atoms with E-state index < -0.39 is 0 Å². The van der Waals surface area contributed by atoms with Gasteiger partial charge in [-0.15, -0.1) is 0 Å². The SMILES string of the molecule is COc1cccc(C(CNC(=O)c2cccc(Oc3ccccc3)c2)N(C)C)c1. The number of likely N-dealkylation sites (N-methyl/N-ethyl adjacent to an activating group) is 1. The number of nitrogens with one attached hydrogen (secondary N) is 1. The molecule has 0 radical (unpaired) electrons. The van der Waals surface area contributed by atoms with Crippen LogP contribution < -0.4 is 14.8 Å². The van der Waals surface area contributed by atoms with Gasteiger partial charge < -0.3 is 19.7 Å². The number of hydrogen-bond donors (Lipinski definition) is 1. The molecule has 0 spiro atoms. The quantitative estimate of drug-likeness (QED) is 0.614. The summed E-state index contributed by atoms with van der Waals surface area (Å²) in [6, 6.07) is 24.6. The van der Waals surface area contributed by atoms with Gasteiger partial charge in [-0.2, -0.15) is 0 Å². The molecule has 0 aliphatic heterocycles. The summed E-state index contributed by atoms with van der Waals surface area (Å²) in [7, 11) is 5.63. The summed E-state index contributed by atoms with van der Waals surface area (Å²) in [6.07, 6.45) is 0. The molecule has 0 aliphatic rings. The number of carbonyl (C=O) groups is 1. The van der Waals surface area contributed by atoms with Crippen LogP contribution in [0.3, 0.4) is 0 Å². The van der Waals surface area contributed by atoms with E-state index in [1.165, 1.54) is 0 Å². The lowest BCUT2D eigenvalue weighted by Gasteiger charge is -2.25. The van der Waals surface area contributed by atoms with Crippen LogP contribution in [0.15, 0.2) is 78.9 Å². The maximum Gasteiger partial charge on any atom is 0.251 e. The summed E-state index contributed by atoms with van der Waals surface area (Å²) < 4.78 is 11.1. The lowest BCUT2D eigenvalue weighted by molar-refractivity contribution is 0.0941. The van der Waals surface area contributed by atoms with Crippen molar-refractivity contribution >= 4 is 5.91 Å². The molecular weight excluding hydrogens is 364 g/mol. The summed E-state index contributed by atoms with van der Waals surface area (Å²) in [5.41, 5.74) is 1.64. The fourth-order valence-corrected chi connectivity index (χ4v) is 3.06. The molecule has 0 saturated carbocycles. The zero-order valence-corrected chi connectivity index (χ0v) is 17.0. The number of benzene rings is 3. The Morgan fingerprint density at radius 1 is 0.897 bits per heavy atom. The van der Waals surface area contributed by atoms with Gasteiger partial charge in [0.25, 0.3) is 5.91 Å². The minimum atomic E-state index is -0.141. The Morgan fingerprint density at radius 2 is 1.59 bits per heavy atom. The van der Waals surface area contributed by atoms with E-state index >= 15 is 0 Å². The van der Waals surface area contributed by atoms with E-state index in [0.717, 1.165) is 17.1 Å². The smallest absolute Gasteiger partial charge is 0.251 e. The minimum absolute atomic E-state index is 0.0257. The van der Waals surface area contributed by atoms with Gasteiger partial charge in [0.2, 0.25) is 0 Å². The normalized spacial score (nSPS) is 11.7. The predicted molar refractivity (Wildman–Crippen MR) is 115 cm³/mol. The Morgan fingerprint density at radius 3 is 2.31 bits per heavy atom. The van der Waals surface area contributed by atoms with E-state index in [1.807, 2.05) is 80.8 Å². The molecule has 1 unspecified atom stereocenters. The van der Waals surface area contributed by atoms with Crippen LogP contribution >= 0.6 is 0 Å². The van der Waals surface area contributed by atoms with Gasteiger partial charge in [0, 0.05) is 12.1 Å². The monoisotopic (exact) mass is 390 g/mol. The Hall–Kier alpha value is -3.31. The first kappa shape index (κ1) is 20.4. The van der Waals surface area contributed by atoms with Crippen molar-refractivity contribution in [2.24, 2.45) is 0 Å². The number of amides is 1. The van der Waals surface area contributed by atoms with Crippen LogP contribution in [0.4, 0.5) is 0 Å². The van der Waals surface area contributed by atoms with Crippen molar-refractivity contribution in [2.45, 2.75) is 6.04 Å². The third-order valence-electron chi connectivity index (χ3n) is 4.63. The molecule has 150 valence electrons. The Kier molecular flexibility index (Phi) is 6.87. The average Bonchev–Trinajstić information content (AvgIpc) is 2.74. The van der Waals surface area contributed by atoms with Crippen LogP contribution in [-0.2, 0) is 0 Å². The van der Waals surface area contributed by atoms with Crippen molar-refractivity contribution in [3.05, 3.63) is 90.0 Å². The minimum Gasteiger partial charge on any atom is -0.497 e. The lowest BCUT2D eigenvalue weighted by atomic mass is 10.1. The molecule has 5 nitrogen and oxygen atoms in total. The second kappa shape index (κ2) is 9.75. The lowest BCUT2D eigenvalue weighted by Crippen LogP contribution is -2.34. The van der Waals surface area contributed by atoms with Gasteiger partial charge in [-0.25, -0.2) is 0 Å². The van der Waals surface area contributed by atoms with E-state index in [-0.39, 0.29) is 11.9 Å². The molecule has 5 heteroatoms. The number of nitrogens with zero attached hydrogens (tertiary/aromatic N) is 1. The van der Waals surface area contributed by atoms with Crippen LogP contribution in [0.25, 0.3) is 0 Å². The van der Waals surface area contributed by atoms with Crippen molar-refractivity contribution in [3.8, 4) is 17.2 Å². The fourth-order valence-electron chi connectivity index (χ4n) is 3.06. The molecular formula is C24H26N2O3. The summed E-state index contributed by atoms with van der Waals surface area (Å²) in [4.78, 5) is 14.8. The highest BCUT2D eigenvalue weighted by Crippen LogP contribution is 2.23. The van der Waals surface area contributed by atoms with E-state index in [9.17, 15) is 4.79 Å². The Labute approximate surface area is 171 Å². The van der Waals surface area contributed by atoms with Gasteiger partial charge in [0.05, 0.1) is 13.2 Å². The molecule has 0 aliphatic carbocycles. The van der Waals surface area contributed by atoms with Crippen molar-refractivity contribution < 1.29 is 14.3 Å². The maximum absolute atomic E-state index is 12.7. The van der Waals surface area contributed by atoms with E-state index in [2.05, 4.69) is 10.2 Å². The van der Waals surface area contributed by atoms with Crippen LogP contribution in [0, 0.1) is 0 Å². The number of hydrogen-bond acceptors (Lipinski definition) is 4. The fraction of sp³-hybridized carbons (Fsp3) is 0.208. The molecule has 0 aromatic heterocycles. The summed E-state index contributed by atoms with van der Waals surface area (Å²) >= 11 is 0. The third-order valence-corrected chi connectivity index (χ3v) is 4.63. The van der Waals surface area contributed by atoms with Crippen LogP contribution in [0.1, 0.15) is 22.0 Å². The highest BCUT2D eigenvalue weighted by atomic mass is 16.5. The van der Waals surface area contributed by atoms with Crippen molar-refractivity contribution in [2.75, 3.05) is 27.7 Å². The van der Waals surface area contributed by atoms with Gasteiger partial charge in [0.15, 0.2) is 0 Å². The highest BCUT2D eigenvalue weighted by molar-refractivity contribution is 5.94. The molecule has 3 rings (SSSR count). The molecule has 0 saturated heterocycles. The predicted octanol–water partition coefficient (Wildman–Crippen LogP) is 4.52. The topological polar surface area (TPSA) is 50.8 Å². The third kappa shape index (κ3) is 5.59. The molecule has 1 amide bonds. The van der Waals surface area contributed by atoms with Crippen LogP contribution in [0.5, 0.6) is 17.2 Å². The van der Waals surface area contributed by atoms with Crippen LogP contribution in [-0.4, -0.2) is 38.6 Å². The first-order valence-corrected chi connectivity index (χ1v) is 9.48. The molecule has 0 bridgehead atoms. The maximum atomic E-state index is 12.7. The Bertz CT molecular complexity index is 942. The number of ether oxygens (including phenoxy) is 2. The second-order valence-corrected chi connectivity index (χ2v) is 6.91. The molecule has 3 aromatic rings. The number of carbonyl (C=O) groups excluding carboxylic acids is 1. The number of para-hydroxylation sites is 1. The molecule has 3 aromatic carbocycles. The van der Waals surface area contributed by atoms with Gasteiger partial charge in [-0.3, -0.25) is 4.79 Å². The first-order chi connectivity index (χ1) is 14.1. The molecule has 1 N–H and O–H groups in total. The summed E-state index contributed by atoms with van der Waals surface area (Å²) in [5.74, 6) is 2.02. The van der Waals surface area contributed by atoms with Gasteiger partial charge in [-0.05, 0) is 62.1 Å². The van der Waals surface area contributed by atoms with E-state index in [4.69, 9.17) is 9.47 Å². The number of methoxy groups -OCH3 is 1. The van der Waals surface area contributed by atoms with E-state index in [1.54, 1.807) is 19.2 Å². The second-order valence-electron chi connectivity index (χ2n) is 6.91. The summed E-state index contributed by atoms with van der Waals surface area (Å²) in [6.45, 7) is 0.475. The zero-order valence-electron chi connectivity index (χ0n) is 17.0. The van der Waals surface area contributed by atoms with Gasteiger partial charge in [0.1, 0.15) is 17.2 Å². The zero-order chi connectivity index (χ0) is 20.6. The molecule has 29 heavy (non-hydrogen) atoms. The first-order valence-electron chi connectivity index (χ1n) is 9.48. The van der Waals surface area contributed by atoms with Crippen LogP contribution in [0.2, 0.25) is 0 Å². The molecule has 0 heterocycles. The molecule has 1 atom stereocenters. The van der Waals surface area contributed by atoms with Crippen molar-refractivity contribution in [1.82, 2.24) is 10.2 Å². The van der Waals surface area contributed by atoms with Crippen molar-refractivity contribution in [3.63, 3.8) is 0 Å². The standard InChI is InChI=1S/C24H26N2O3/c1-26(2)23(18-9-7-13-21(15-18)28-3)17-25-24(27)19-10-8-14-22(16-19)29-20-11-5-4-6-12-20/h4-16,23H,17H2,1-3H3,(H,25,27). The highest BCUT2D eigenvalue weighted by Gasteiger charge is 2.17. The van der Waals surface area contributed by atoms with E-state index in [0.29, 0.717) is 17.9 Å². The van der Waals surface area contributed by atoms with Crippen molar-refractivity contribution in [1.29, 1.82) is 0 Å². The Balaban J connectivity index is 1.68. The number of rotatable bonds is 8. The van der Waals surface area contributed by atoms with Gasteiger partial charge in [-0.1, -0.05) is 36.4 Å². The summed E-state index contributed by atoms with van der Waals surface area (Å²) in [5, 5.41) is 3.03. The van der Waals surface area contributed by atoms with Gasteiger partial charge >= 0.3 is 0 Å².